The Labute approximate surface area is 377 Å². The maximum absolute atomic E-state index is 13.7. The SMILES string of the molecule is CCCCCCCCCCCCCC(=O)O[C@@H](CCCCCCCCCCC)CC(=O)N[C@H]1C(O)O[C@H](CO)[C@@H](OS(=O)(=O)O)[C@@H]1OC(=O)CCCCCCCCCCCCC. The standard InChI is InChI=1S/C48H91NO12S/c1-4-7-10-13-16-19-21-24-27-30-33-36-43(52)58-40(35-32-29-26-23-18-15-12-9-6-3)38-42(51)49-45-47(46(61-62(55,56)57)41(39-50)59-48(45)54)60-44(53)37-34-31-28-25-22-20-17-14-11-8-5-2/h40-41,45-48,50,54H,4-39H2,1-3H3,(H,49,51)(H,55,56,57)/t40-,41+,45+,46+,47+,48?/m0/s1. The van der Waals surface area contributed by atoms with Gasteiger partial charge in [0, 0.05) is 12.8 Å². The third-order valence-corrected chi connectivity index (χ3v) is 12.4. The minimum Gasteiger partial charge on any atom is -0.462 e. The normalized spacial score (nSPS) is 19.6. The van der Waals surface area contributed by atoms with Gasteiger partial charge in [-0.15, -0.1) is 0 Å². The topological polar surface area (TPSA) is 195 Å². The molecule has 366 valence electrons. The number of nitrogens with one attached hydrogen (secondary N) is 1. The van der Waals surface area contributed by atoms with Crippen LogP contribution >= 0.6 is 0 Å². The number of aliphatic hydroxyl groups is 2. The van der Waals surface area contributed by atoms with Crippen LogP contribution in [0.2, 0.25) is 0 Å². The average molecular weight is 906 g/mol. The van der Waals surface area contributed by atoms with Crippen LogP contribution in [0.4, 0.5) is 0 Å². The number of ether oxygens (including phenoxy) is 3. The molecule has 0 aliphatic carbocycles. The van der Waals surface area contributed by atoms with Crippen molar-refractivity contribution in [3.8, 4) is 0 Å². The van der Waals surface area contributed by atoms with Crippen molar-refractivity contribution in [1.82, 2.24) is 5.32 Å². The fourth-order valence-electron chi connectivity index (χ4n) is 8.28. The highest BCUT2D eigenvalue weighted by Crippen LogP contribution is 2.28. The Hall–Kier alpha value is -1.84. The van der Waals surface area contributed by atoms with Crippen molar-refractivity contribution in [2.45, 2.75) is 282 Å². The Morgan fingerprint density at radius 2 is 0.968 bits per heavy atom. The van der Waals surface area contributed by atoms with Gasteiger partial charge in [-0.1, -0.05) is 201 Å². The molecule has 13 nitrogen and oxygen atoms in total. The highest BCUT2D eigenvalue weighted by atomic mass is 32.3. The van der Waals surface area contributed by atoms with Crippen LogP contribution in [-0.2, 0) is 43.2 Å². The second-order valence-corrected chi connectivity index (χ2v) is 18.8. The second kappa shape index (κ2) is 38.4. The summed E-state index contributed by atoms with van der Waals surface area (Å²) >= 11 is 0. The van der Waals surface area contributed by atoms with Crippen LogP contribution in [-0.4, -0.2) is 84.4 Å². The molecule has 14 heteroatoms. The lowest BCUT2D eigenvalue weighted by molar-refractivity contribution is -0.254. The number of esters is 2. The lowest BCUT2D eigenvalue weighted by Gasteiger charge is -2.43. The molecule has 0 aromatic rings. The summed E-state index contributed by atoms with van der Waals surface area (Å²) in [7, 11) is -5.15. The largest absolute Gasteiger partial charge is 0.462 e. The van der Waals surface area contributed by atoms with Gasteiger partial charge in [0.1, 0.15) is 24.4 Å². The van der Waals surface area contributed by atoms with E-state index in [4.69, 9.17) is 18.4 Å². The molecule has 1 saturated heterocycles. The number of carbonyl (C=O) groups excluding carboxylic acids is 3. The van der Waals surface area contributed by atoms with Crippen LogP contribution in [0, 0.1) is 0 Å². The zero-order valence-electron chi connectivity index (χ0n) is 39.3. The molecule has 1 aliphatic heterocycles. The summed E-state index contributed by atoms with van der Waals surface area (Å²) in [4.78, 5) is 39.8. The zero-order valence-corrected chi connectivity index (χ0v) is 40.2. The summed E-state index contributed by atoms with van der Waals surface area (Å²) in [6, 6.07) is -1.53. The molecular formula is C48H91NO12S. The predicted octanol–water partition coefficient (Wildman–Crippen LogP) is 10.9. The monoisotopic (exact) mass is 906 g/mol. The summed E-state index contributed by atoms with van der Waals surface area (Å²) in [5.41, 5.74) is 0. The molecule has 0 aromatic heterocycles. The van der Waals surface area contributed by atoms with Crippen LogP contribution in [0.1, 0.15) is 245 Å². The highest BCUT2D eigenvalue weighted by molar-refractivity contribution is 7.80. The van der Waals surface area contributed by atoms with E-state index in [2.05, 4.69) is 26.1 Å². The van der Waals surface area contributed by atoms with Crippen LogP contribution in [0.5, 0.6) is 0 Å². The summed E-state index contributed by atoms with van der Waals surface area (Å²) in [5.74, 6) is -1.75. The van der Waals surface area contributed by atoms with E-state index in [1.807, 2.05) is 0 Å². The van der Waals surface area contributed by atoms with Gasteiger partial charge in [-0.3, -0.25) is 18.9 Å². The Morgan fingerprint density at radius 3 is 1.37 bits per heavy atom. The summed E-state index contributed by atoms with van der Waals surface area (Å²) in [6.07, 6.45) is 27.4. The van der Waals surface area contributed by atoms with Crippen LogP contribution in [0.25, 0.3) is 0 Å². The second-order valence-electron chi connectivity index (χ2n) is 17.8. The van der Waals surface area contributed by atoms with Crippen LogP contribution in [0.3, 0.4) is 0 Å². The van der Waals surface area contributed by atoms with Crippen molar-refractivity contribution in [3.63, 3.8) is 0 Å². The van der Waals surface area contributed by atoms with Gasteiger partial charge in [-0.05, 0) is 25.7 Å². The number of amides is 1. The minimum absolute atomic E-state index is 0.0105. The third-order valence-electron chi connectivity index (χ3n) is 12.0. The molecule has 0 radical (unpaired) electrons. The number of carbonyl (C=O) groups is 3. The first-order valence-electron chi connectivity index (χ1n) is 25.2. The van der Waals surface area contributed by atoms with Crippen molar-refractivity contribution in [3.05, 3.63) is 0 Å². The fraction of sp³-hybridized carbons (Fsp3) is 0.938. The number of hydrogen-bond acceptors (Lipinski definition) is 11. The van der Waals surface area contributed by atoms with E-state index in [0.29, 0.717) is 19.3 Å². The quantitative estimate of drug-likeness (QED) is 0.0257. The van der Waals surface area contributed by atoms with Crippen molar-refractivity contribution in [2.75, 3.05) is 6.61 Å². The molecule has 1 rings (SSSR count). The molecule has 1 amide bonds. The van der Waals surface area contributed by atoms with E-state index in [1.165, 1.54) is 116 Å². The lowest BCUT2D eigenvalue weighted by Crippen LogP contribution is -2.66. The first kappa shape index (κ1) is 58.2. The molecule has 0 bridgehead atoms. The maximum Gasteiger partial charge on any atom is 0.397 e. The number of hydrogen-bond donors (Lipinski definition) is 4. The molecule has 0 aromatic carbocycles. The van der Waals surface area contributed by atoms with Crippen LogP contribution < -0.4 is 5.32 Å². The van der Waals surface area contributed by atoms with Gasteiger partial charge in [0.25, 0.3) is 0 Å². The molecule has 0 saturated carbocycles. The molecular weight excluding hydrogens is 815 g/mol. The first-order chi connectivity index (χ1) is 29.9. The Morgan fingerprint density at radius 1 is 0.581 bits per heavy atom. The molecule has 6 atom stereocenters. The van der Waals surface area contributed by atoms with Gasteiger partial charge in [-0.2, -0.15) is 8.42 Å². The molecule has 1 heterocycles. The molecule has 0 spiro atoms. The molecule has 1 unspecified atom stereocenters. The van der Waals surface area contributed by atoms with E-state index >= 15 is 0 Å². The Balaban J connectivity index is 2.88. The maximum atomic E-state index is 13.7. The fourth-order valence-corrected chi connectivity index (χ4v) is 8.79. The van der Waals surface area contributed by atoms with E-state index in [1.54, 1.807) is 0 Å². The Bertz CT molecular complexity index is 1220. The number of rotatable bonds is 42. The van der Waals surface area contributed by atoms with Crippen LogP contribution in [0.15, 0.2) is 0 Å². The summed E-state index contributed by atoms with van der Waals surface area (Å²) in [5, 5.41) is 23.6. The molecule has 4 N–H and O–H groups in total. The molecule has 1 fully saturated rings. The third kappa shape index (κ3) is 31.1. The smallest absolute Gasteiger partial charge is 0.397 e. The average Bonchev–Trinajstić information content (AvgIpc) is 3.22. The molecule has 62 heavy (non-hydrogen) atoms. The van der Waals surface area contributed by atoms with Crippen molar-refractivity contribution < 1.29 is 56.0 Å². The van der Waals surface area contributed by atoms with Gasteiger partial charge >= 0.3 is 22.3 Å². The summed E-state index contributed by atoms with van der Waals surface area (Å²) < 4.78 is 55.2. The summed E-state index contributed by atoms with van der Waals surface area (Å²) in [6.45, 7) is 5.78. The van der Waals surface area contributed by atoms with Crippen molar-refractivity contribution in [2.24, 2.45) is 0 Å². The number of unbranched alkanes of at least 4 members (excludes halogenated alkanes) is 28. The predicted molar refractivity (Wildman–Crippen MR) is 245 cm³/mol. The lowest BCUT2D eigenvalue weighted by atomic mass is 9.96. The molecule has 1 aliphatic rings. The number of aliphatic hydroxyl groups excluding tert-OH is 2. The van der Waals surface area contributed by atoms with Gasteiger partial charge < -0.3 is 29.7 Å². The highest BCUT2D eigenvalue weighted by Gasteiger charge is 2.50. The Kier molecular flexibility index (Phi) is 36.1. The van der Waals surface area contributed by atoms with Gasteiger partial charge in [0.05, 0.1) is 13.0 Å². The van der Waals surface area contributed by atoms with Crippen molar-refractivity contribution in [1.29, 1.82) is 0 Å². The zero-order chi connectivity index (χ0) is 45.7. The van der Waals surface area contributed by atoms with E-state index in [-0.39, 0.29) is 25.2 Å². The van der Waals surface area contributed by atoms with E-state index in [9.17, 15) is 37.6 Å². The van der Waals surface area contributed by atoms with E-state index in [0.717, 1.165) is 70.6 Å². The van der Waals surface area contributed by atoms with Gasteiger partial charge in [-0.25, -0.2) is 4.18 Å². The van der Waals surface area contributed by atoms with Crippen molar-refractivity contribution >= 4 is 28.2 Å². The van der Waals surface area contributed by atoms with Gasteiger partial charge in [0.15, 0.2) is 12.4 Å². The van der Waals surface area contributed by atoms with Gasteiger partial charge in [0.2, 0.25) is 5.91 Å². The van der Waals surface area contributed by atoms with E-state index < -0.39 is 65.6 Å². The minimum atomic E-state index is -5.15. The first-order valence-corrected chi connectivity index (χ1v) is 26.6.